The molecule has 1 amide bonds. The van der Waals surface area contributed by atoms with Gasteiger partial charge in [-0.1, -0.05) is 0 Å². The lowest BCUT2D eigenvalue weighted by molar-refractivity contribution is -0.884. The summed E-state index contributed by atoms with van der Waals surface area (Å²) in [5, 5.41) is 14.7. The van der Waals surface area contributed by atoms with E-state index in [0.29, 0.717) is 24.5 Å². The number of thiophene rings is 1. The SMILES string of the molecule is Cc1ccsc1C[NH+](C)CC(=O)Nc1c(C#N)c(C)c(C)n1Cc1ccco1. The number of furan rings is 1. The number of anilines is 1. The van der Waals surface area contributed by atoms with Gasteiger partial charge in [-0.3, -0.25) is 4.79 Å². The molecule has 2 N–H and O–H groups in total. The Morgan fingerprint density at radius 2 is 2.14 bits per heavy atom. The van der Waals surface area contributed by atoms with Gasteiger partial charge in [0.1, 0.15) is 24.2 Å². The third-order valence-corrected chi connectivity index (χ3v) is 6.01. The third-order valence-electron chi connectivity index (χ3n) is 4.99. The minimum atomic E-state index is -0.110. The molecular formula is C21H25N4O2S+. The van der Waals surface area contributed by atoms with Crippen molar-refractivity contribution in [3.63, 3.8) is 0 Å². The van der Waals surface area contributed by atoms with Crippen LogP contribution in [0.2, 0.25) is 0 Å². The van der Waals surface area contributed by atoms with E-state index in [9.17, 15) is 10.1 Å². The average Bonchev–Trinajstić information content (AvgIpc) is 3.34. The molecule has 6 nitrogen and oxygen atoms in total. The molecule has 0 bridgehead atoms. The van der Waals surface area contributed by atoms with Gasteiger partial charge in [-0.05, 0) is 55.5 Å². The summed E-state index contributed by atoms with van der Waals surface area (Å²) in [6.45, 7) is 7.53. The van der Waals surface area contributed by atoms with Crippen LogP contribution in [0, 0.1) is 32.1 Å². The minimum Gasteiger partial charge on any atom is -0.467 e. The number of carbonyl (C=O) groups excluding carboxylic acids is 1. The lowest BCUT2D eigenvalue weighted by Crippen LogP contribution is -3.08. The normalized spacial score (nSPS) is 12.0. The van der Waals surface area contributed by atoms with Gasteiger partial charge in [-0.15, -0.1) is 11.3 Å². The molecule has 3 aromatic rings. The number of carbonyl (C=O) groups is 1. The standard InChI is InChI=1S/C21H24N4O2S/c1-14-7-9-28-19(14)12-24(4)13-20(26)23-21-18(10-22)15(2)16(3)25(21)11-17-6-5-8-27-17/h5-9H,11-13H2,1-4H3,(H,23,26)/p+1. The summed E-state index contributed by atoms with van der Waals surface area (Å²) in [7, 11) is 2.00. The van der Waals surface area contributed by atoms with Gasteiger partial charge in [0, 0.05) is 5.69 Å². The van der Waals surface area contributed by atoms with Gasteiger partial charge in [-0.25, -0.2) is 0 Å². The highest BCUT2D eigenvalue weighted by molar-refractivity contribution is 7.10. The molecule has 0 saturated carbocycles. The summed E-state index contributed by atoms with van der Waals surface area (Å²) in [5.41, 5.74) is 3.58. The molecule has 0 radical (unpaired) electrons. The van der Waals surface area contributed by atoms with Crippen molar-refractivity contribution in [3.8, 4) is 6.07 Å². The number of aryl methyl sites for hydroxylation is 1. The molecule has 0 saturated heterocycles. The van der Waals surface area contributed by atoms with Crippen molar-refractivity contribution in [2.45, 2.75) is 33.9 Å². The summed E-state index contributed by atoms with van der Waals surface area (Å²) in [4.78, 5) is 15.1. The zero-order chi connectivity index (χ0) is 20.3. The Morgan fingerprint density at radius 3 is 2.75 bits per heavy atom. The van der Waals surface area contributed by atoms with E-state index in [1.165, 1.54) is 10.4 Å². The van der Waals surface area contributed by atoms with E-state index in [2.05, 4.69) is 29.8 Å². The van der Waals surface area contributed by atoms with Crippen LogP contribution in [-0.2, 0) is 17.9 Å². The quantitative estimate of drug-likeness (QED) is 0.644. The smallest absolute Gasteiger partial charge is 0.280 e. The van der Waals surface area contributed by atoms with Crippen LogP contribution < -0.4 is 10.2 Å². The maximum absolute atomic E-state index is 12.7. The highest BCUT2D eigenvalue weighted by Gasteiger charge is 2.22. The molecule has 0 aliphatic rings. The summed E-state index contributed by atoms with van der Waals surface area (Å²) in [6.07, 6.45) is 1.62. The zero-order valence-electron chi connectivity index (χ0n) is 16.6. The van der Waals surface area contributed by atoms with Crippen molar-refractivity contribution >= 4 is 23.1 Å². The number of amides is 1. The molecule has 0 aromatic carbocycles. The Bertz CT molecular complexity index is 1010. The van der Waals surface area contributed by atoms with Crippen LogP contribution in [0.5, 0.6) is 0 Å². The predicted octanol–water partition coefficient (Wildman–Crippen LogP) is 2.64. The van der Waals surface area contributed by atoms with Crippen molar-refractivity contribution in [3.05, 3.63) is 62.9 Å². The fourth-order valence-electron chi connectivity index (χ4n) is 3.26. The largest absolute Gasteiger partial charge is 0.467 e. The van der Waals surface area contributed by atoms with Crippen molar-refractivity contribution in [1.82, 2.24) is 4.57 Å². The summed E-state index contributed by atoms with van der Waals surface area (Å²) in [6, 6.07) is 8.04. The van der Waals surface area contributed by atoms with Gasteiger partial charge < -0.3 is 19.2 Å². The minimum absolute atomic E-state index is 0.110. The summed E-state index contributed by atoms with van der Waals surface area (Å²) < 4.78 is 7.38. The fraction of sp³-hybridized carbons (Fsp3) is 0.333. The van der Waals surface area contributed by atoms with E-state index in [0.717, 1.165) is 28.5 Å². The van der Waals surface area contributed by atoms with Crippen LogP contribution in [0.15, 0.2) is 34.3 Å². The van der Waals surface area contributed by atoms with Crippen LogP contribution in [-0.4, -0.2) is 24.1 Å². The van der Waals surface area contributed by atoms with Gasteiger partial charge in [0.25, 0.3) is 5.91 Å². The lowest BCUT2D eigenvalue weighted by atomic mass is 10.2. The van der Waals surface area contributed by atoms with Crippen molar-refractivity contribution < 1.29 is 14.1 Å². The Balaban J connectivity index is 1.77. The average molecular weight is 398 g/mol. The molecular weight excluding hydrogens is 372 g/mol. The topological polar surface area (TPSA) is 75.4 Å². The maximum atomic E-state index is 12.7. The van der Waals surface area contributed by atoms with Crippen molar-refractivity contribution in [2.24, 2.45) is 0 Å². The van der Waals surface area contributed by atoms with Crippen LogP contribution in [0.25, 0.3) is 0 Å². The van der Waals surface area contributed by atoms with Gasteiger partial charge in [0.2, 0.25) is 0 Å². The first-order valence-electron chi connectivity index (χ1n) is 9.17. The Kier molecular flexibility index (Phi) is 6.02. The molecule has 3 aromatic heterocycles. The molecule has 0 fully saturated rings. The fourth-order valence-corrected chi connectivity index (χ4v) is 4.28. The van der Waals surface area contributed by atoms with Crippen LogP contribution in [0.3, 0.4) is 0 Å². The second kappa shape index (κ2) is 8.46. The predicted molar refractivity (Wildman–Crippen MR) is 110 cm³/mol. The number of likely N-dealkylation sites (N-methyl/N-ethyl adjacent to an activating group) is 1. The van der Waals surface area contributed by atoms with Crippen LogP contribution in [0.1, 0.15) is 33.0 Å². The molecule has 3 heterocycles. The molecule has 1 unspecified atom stereocenters. The number of nitriles is 1. The summed E-state index contributed by atoms with van der Waals surface area (Å²) >= 11 is 1.71. The number of hydrogen-bond donors (Lipinski definition) is 2. The molecule has 7 heteroatoms. The maximum Gasteiger partial charge on any atom is 0.280 e. The molecule has 0 aliphatic carbocycles. The summed E-state index contributed by atoms with van der Waals surface area (Å²) in [5.74, 6) is 1.20. The van der Waals surface area contributed by atoms with Crippen molar-refractivity contribution in [2.75, 3.05) is 18.9 Å². The molecule has 1 atom stereocenters. The van der Waals surface area contributed by atoms with E-state index in [1.54, 1.807) is 17.6 Å². The molecule has 3 rings (SSSR count). The lowest BCUT2D eigenvalue weighted by Gasteiger charge is -2.15. The molecule has 0 spiro atoms. The van der Waals surface area contributed by atoms with Gasteiger partial charge in [0.05, 0.1) is 30.3 Å². The Morgan fingerprint density at radius 1 is 1.36 bits per heavy atom. The zero-order valence-corrected chi connectivity index (χ0v) is 17.4. The first-order valence-corrected chi connectivity index (χ1v) is 10.0. The number of quaternary nitrogens is 1. The number of aromatic nitrogens is 1. The number of nitrogens with one attached hydrogen (secondary N) is 2. The van der Waals surface area contributed by atoms with E-state index >= 15 is 0 Å². The van der Waals surface area contributed by atoms with Crippen LogP contribution in [0.4, 0.5) is 5.82 Å². The van der Waals surface area contributed by atoms with Gasteiger partial charge >= 0.3 is 0 Å². The first-order chi connectivity index (χ1) is 13.4. The third kappa shape index (κ3) is 4.19. The van der Waals surface area contributed by atoms with Gasteiger partial charge in [-0.2, -0.15) is 5.26 Å². The Hall–Kier alpha value is -2.82. The molecule has 0 aliphatic heterocycles. The highest BCUT2D eigenvalue weighted by atomic mass is 32.1. The number of hydrogen-bond acceptors (Lipinski definition) is 4. The highest BCUT2D eigenvalue weighted by Crippen LogP contribution is 2.27. The molecule has 146 valence electrons. The first kappa shape index (κ1) is 19.9. The Labute approximate surface area is 169 Å². The van der Waals surface area contributed by atoms with Crippen molar-refractivity contribution in [1.29, 1.82) is 5.26 Å². The van der Waals surface area contributed by atoms with Gasteiger partial charge in [0.15, 0.2) is 6.54 Å². The van der Waals surface area contributed by atoms with E-state index in [-0.39, 0.29) is 5.91 Å². The monoisotopic (exact) mass is 397 g/mol. The number of nitrogens with zero attached hydrogens (tertiary/aromatic N) is 2. The second-order valence-electron chi connectivity index (χ2n) is 7.10. The van der Waals surface area contributed by atoms with E-state index < -0.39 is 0 Å². The second-order valence-corrected chi connectivity index (χ2v) is 8.10. The van der Waals surface area contributed by atoms with E-state index in [1.807, 2.05) is 37.6 Å². The number of rotatable bonds is 7. The molecule has 28 heavy (non-hydrogen) atoms. The van der Waals surface area contributed by atoms with Crippen LogP contribution >= 0.6 is 11.3 Å². The van der Waals surface area contributed by atoms with E-state index in [4.69, 9.17) is 4.42 Å².